The number of nitrogens with one attached hydrogen (secondary N) is 1. The molecule has 0 aromatic rings. The van der Waals surface area contributed by atoms with E-state index in [0.29, 0.717) is 6.42 Å². The van der Waals surface area contributed by atoms with Crippen molar-refractivity contribution in [2.45, 2.75) is 70.8 Å². The van der Waals surface area contributed by atoms with E-state index < -0.39 is 0 Å². The molecule has 0 radical (unpaired) electrons. The Bertz CT molecular complexity index is 329. The first kappa shape index (κ1) is 15.3. The van der Waals surface area contributed by atoms with Crippen LogP contribution in [-0.2, 0) is 9.59 Å². The maximum Gasteiger partial charge on any atom is 0.220 e. The van der Waals surface area contributed by atoms with Gasteiger partial charge in [0.1, 0.15) is 0 Å². The van der Waals surface area contributed by atoms with Crippen LogP contribution in [-0.4, -0.2) is 35.8 Å². The van der Waals surface area contributed by atoms with Crippen molar-refractivity contribution in [2.24, 2.45) is 5.92 Å². The van der Waals surface area contributed by atoms with Crippen LogP contribution in [0.1, 0.15) is 64.7 Å². The topological polar surface area (TPSA) is 49.4 Å². The van der Waals surface area contributed by atoms with Crippen molar-refractivity contribution in [3.63, 3.8) is 0 Å². The highest BCUT2D eigenvalue weighted by Gasteiger charge is 2.22. The lowest BCUT2D eigenvalue weighted by Gasteiger charge is -2.31. The second-order valence-electron chi connectivity index (χ2n) is 6.39. The summed E-state index contributed by atoms with van der Waals surface area (Å²) in [4.78, 5) is 25.1. The summed E-state index contributed by atoms with van der Waals surface area (Å²) in [5, 5.41) is 3.14. The van der Waals surface area contributed by atoms with Crippen molar-refractivity contribution in [2.75, 3.05) is 13.1 Å². The summed E-state index contributed by atoms with van der Waals surface area (Å²) in [6, 6.07) is 0.268. The van der Waals surface area contributed by atoms with Crippen molar-refractivity contribution in [1.82, 2.24) is 10.2 Å². The molecule has 2 amide bonds. The van der Waals surface area contributed by atoms with E-state index in [0.717, 1.165) is 38.3 Å². The molecule has 0 aromatic carbocycles. The van der Waals surface area contributed by atoms with E-state index in [9.17, 15) is 9.59 Å². The largest absolute Gasteiger partial charge is 0.353 e. The standard InChI is InChI=1S/C16H28N2O2/c1-13(19)18-11-9-15(10-12-18)17-16(20)8-7-14-5-3-2-4-6-14/h14-15H,2-12H2,1H3,(H,17,20). The lowest BCUT2D eigenvalue weighted by molar-refractivity contribution is -0.130. The zero-order valence-electron chi connectivity index (χ0n) is 12.7. The van der Waals surface area contributed by atoms with Crippen LogP contribution in [0.5, 0.6) is 0 Å². The van der Waals surface area contributed by atoms with Crippen molar-refractivity contribution >= 4 is 11.8 Å². The van der Waals surface area contributed by atoms with Crippen LogP contribution in [0.4, 0.5) is 0 Å². The van der Waals surface area contributed by atoms with Crippen LogP contribution in [0.25, 0.3) is 0 Å². The van der Waals surface area contributed by atoms with Gasteiger partial charge in [-0.1, -0.05) is 32.1 Å². The number of likely N-dealkylation sites (tertiary alicyclic amines) is 1. The number of piperidine rings is 1. The number of hydrogen-bond acceptors (Lipinski definition) is 2. The van der Waals surface area contributed by atoms with Gasteiger partial charge in [0, 0.05) is 32.5 Å². The third-order valence-electron chi connectivity index (χ3n) is 4.81. The quantitative estimate of drug-likeness (QED) is 0.860. The van der Waals surface area contributed by atoms with Gasteiger partial charge in [0.2, 0.25) is 11.8 Å². The molecule has 1 N–H and O–H groups in total. The molecule has 1 aliphatic carbocycles. The Labute approximate surface area is 122 Å². The van der Waals surface area contributed by atoms with Crippen LogP contribution in [0.15, 0.2) is 0 Å². The predicted molar refractivity (Wildman–Crippen MR) is 79.2 cm³/mol. The van der Waals surface area contributed by atoms with Gasteiger partial charge in [-0.2, -0.15) is 0 Å². The number of nitrogens with zero attached hydrogens (tertiary/aromatic N) is 1. The minimum atomic E-state index is 0.145. The van der Waals surface area contributed by atoms with E-state index in [2.05, 4.69) is 5.32 Å². The lowest BCUT2D eigenvalue weighted by atomic mass is 9.86. The van der Waals surface area contributed by atoms with Gasteiger partial charge in [0.25, 0.3) is 0 Å². The van der Waals surface area contributed by atoms with Crippen molar-refractivity contribution in [1.29, 1.82) is 0 Å². The van der Waals surface area contributed by atoms with E-state index >= 15 is 0 Å². The Hall–Kier alpha value is -1.06. The highest BCUT2D eigenvalue weighted by molar-refractivity contribution is 5.76. The number of hydrogen-bond donors (Lipinski definition) is 1. The molecule has 1 saturated heterocycles. The third kappa shape index (κ3) is 4.80. The Balaban J connectivity index is 1.61. The van der Waals surface area contributed by atoms with Crippen LogP contribution in [0, 0.1) is 5.92 Å². The molecule has 4 heteroatoms. The molecular weight excluding hydrogens is 252 g/mol. The highest BCUT2D eigenvalue weighted by Crippen LogP contribution is 2.27. The summed E-state index contributed by atoms with van der Waals surface area (Å²) in [5.74, 6) is 1.12. The molecule has 2 fully saturated rings. The molecule has 1 aliphatic heterocycles. The van der Waals surface area contributed by atoms with Crippen LogP contribution < -0.4 is 5.32 Å². The van der Waals surface area contributed by atoms with Gasteiger partial charge >= 0.3 is 0 Å². The first-order valence-electron chi connectivity index (χ1n) is 8.20. The number of rotatable bonds is 4. The predicted octanol–water partition coefficient (Wildman–Crippen LogP) is 2.47. The Morgan fingerprint density at radius 2 is 1.70 bits per heavy atom. The minimum absolute atomic E-state index is 0.145. The average Bonchev–Trinajstić information content (AvgIpc) is 2.47. The summed E-state index contributed by atoms with van der Waals surface area (Å²) in [7, 11) is 0. The molecule has 2 rings (SSSR count). The Morgan fingerprint density at radius 3 is 2.30 bits per heavy atom. The summed E-state index contributed by atoms with van der Waals surface area (Å²) < 4.78 is 0. The highest BCUT2D eigenvalue weighted by atomic mass is 16.2. The fraction of sp³-hybridized carbons (Fsp3) is 0.875. The molecule has 1 heterocycles. The molecule has 2 aliphatic rings. The van der Waals surface area contributed by atoms with E-state index in [4.69, 9.17) is 0 Å². The van der Waals surface area contributed by atoms with Crippen molar-refractivity contribution in [3.05, 3.63) is 0 Å². The third-order valence-corrected chi connectivity index (χ3v) is 4.81. The molecule has 4 nitrogen and oxygen atoms in total. The maximum atomic E-state index is 12.0. The van der Waals surface area contributed by atoms with E-state index in [1.54, 1.807) is 6.92 Å². The van der Waals surface area contributed by atoms with Crippen LogP contribution in [0.3, 0.4) is 0 Å². The number of amides is 2. The smallest absolute Gasteiger partial charge is 0.220 e. The molecule has 1 saturated carbocycles. The zero-order valence-corrected chi connectivity index (χ0v) is 12.7. The van der Waals surface area contributed by atoms with Crippen molar-refractivity contribution < 1.29 is 9.59 Å². The first-order valence-corrected chi connectivity index (χ1v) is 8.20. The molecule has 0 unspecified atom stereocenters. The first-order chi connectivity index (χ1) is 9.65. The van der Waals surface area contributed by atoms with E-state index in [-0.39, 0.29) is 17.9 Å². The molecule has 0 spiro atoms. The van der Waals surface area contributed by atoms with E-state index in [1.165, 1.54) is 32.1 Å². The Morgan fingerprint density at radius 1 is 1.05 bits per heavy atom. The number of carbonyl (C=O) groups is 2. The zero-order chi connectivity index (χ0) is 14.4. The van der Waals surface area contributed by atoms with Crippen LogP contribution >= 0.6 is 0 Å². The van der Waals surface area contributed by atoms with Gasteiger partial charge in [0.05, 0.1) is 0 Å². The normalized spacial score (nSPS) is 21.8. The summed E-state index contributed by atoms with van der Waals surface area (Å²) in [6.07, 6.45) is 10.2. The molecule has 0 aromatic heterocycles. The maximum absolute atomic E-state index is 12.0. The fourth-order valence-electron chi connectivity index (χ4n) is 3.45. The fourth-order valence-corrected chi connectivity index (χ4v) is 3.45. The molecular formula is C16H28N2O2. The van der Waals surface area contributed by atoms with Crippen LogP contribution in [0.2, 0.25) is 0 Å². The summed E-state index contributed by atoms with van der Waals surface area (Å²) in [5.41, 5.74) is 0. The number of carbonyl (C=O) groups excluding carboxylic acids is 2. The monoisotopic (exact) mass is 280 g/mol. The minimum Gasteiger partial charge on any atom is -0.353 e. The lowest BCUT2D eigenvalue weighted by Crippen LogP contribution is -2.46. The summed E-state index contributed by atoms with van der Waals surface area (Å²) >= 11 is 0. The van der Waals surface area contributed by atoms with Gasteiger partial charge in [-0.05, 0) is 25.2 Å². The summed E-state index contributed by atoms with van der Waals surface area (Å²) in [6.45, 7) is 3.18. The SMILES string of the molecule is CC(=O)N1CCC(NC(=O)CCC2CCCCC2)CC1. The Kier molecular flexibility index (Phi) is 5.86. The van der Waals surface area contributed by atoms with Gasteiger partial charge in [-0.3, -0.25) is 9.59 Å². The second-order valence-corrected chi connectivity index (χ2v) is 6.39. The van der Waals surface area contributed by atoms with Gasteiger partial charge in [-0.25, -0.2) is 0 Å². The van der Waals surface area contributed by atoms with E-state index in [1.807, 2.05) is 4.90 Å². The van der Waals surface area contributed by atoms with Crippen molar-refractivity contribution in [3.8, 4) is 0 Å². The van der Waals surface area contributed by atoms with Gasteiger partial charge in [0.15, 0.2) is 0 Å². The van der Waals surface area contributed by atoms with Gasteiger partial charge in [-0.15, -0.1) is 0 Å². The molecule has 20 heavy (non-hydrogen) atoms. The molecule has 114 valence electrons. The second kappa shape index (κ2) is 7.65. The molecule has 0 atom stereocenters. The van der Waals surface area contributed by atoms with Gasteiger partial charge < -0.3 is 10.2 Å². The average molecular weight is 280 g/mol. The molecule has 0 bridgehead atoms.